The second-order valence-electron chi connectivity index (χ2n) is 3.72. The molecule has 0 saturated carbocycles. The van der Waals surface area contributed by atoms with Crippen LogP contribution in [-0.4, -0.2) is 16.1 Å². The van der Waals surface area contributed by atoms with E-state index in [0.29, 0.717) is 26.7 Å². The minimum Gasteiger partial charge on any atom is -0.481 e. The Morgan fingerprint density at radius 1 is 1.42 bits per heavy atom. The van der Waals surface area contributed by atoms with Crippen LogP contribution in [0.25, 0.3) is 0 Å². The Bertz CT molecular complexity index is 619. The minimum absolute atomic E-state index is 0.110. The highest BCUT2D eigenvalue weighted by molar-refractivity contribution is 9.10. The van der Waals surface area contributed by atoms with E-state index in [4.69, 9.17) is 21.4 Å². The Labute approximate surface area is 123 Å². The monoisotopic (exact) mass is 341 g/mol. The number of para-hydroxylation sites is 1. The molecule has 0 unspecified atom stereocenters. The summed E-state index contributed by atoms with van der Waals surface area (Å²) in [6, 6.07) is 8.58. The van der Waals surface area contributed by atoms with Crippen molar-refractivity contribution >= 4 is 33.5 Å². The van der Waals surface area contributed by atoms with Crippen molar-refractivity contribution in [2.24, 2.45) is 0 Å². The van der Waals surface area contributed by atoms with Crippen LogP contribution in [0, 0.1) is 0 Å². The van der Waals surface area contributed by atoms with Crippen molar-refractivity contribution in [1.29, 1.82) is 0 Å². The first-order valence-corrected chi connectivity index (χ1v) is 6.52. The maximum atomic E-state index is 10.8. The molecule has 0 amide bonds. The molecule has 1 heterocycles. The molecule has 0 spiro atoms. The van der Waals surface area contributed by atoms with Gasteiger partial charge in [-0.1, -0.05) is 29.8 Å². The maximum absolute atomic E-state index is 10.8. The SMILES string of the molecule is O=C(O)Cc1ccccc1Oc1ncc(Cl)cc1Br. The molecule has 0 radical (unpaired) electrons. The summed E-state index contributed by atoms with van der Waals surface area (Å²) >= 11 is 9.09. The summed E-state index contributed by atoms with van der Waals surface area (Å²) in [4.78, 5) is 14.8. The van der Waals surface area contributed by atoms with Crippen LogP contribution in [0.3, 0.4) is 0 Å². The summed E-state index contributed by atoms with van der Waals surface area (Å²) in [5, 5.41) is 9.33. The number of aromatic nitrogens is 1. The predicted octanol–water partition coefficient (Wildman–Crippen LogP) is 3.92. The van der Waals surface area contributed by atoms with Crippen molar-refractivity contribution in [2.45, 2.75) is 6.42 Å². The predicted molar refractivity (Wildman–Crippen MR) is 74.8 cm³/mol. The molecular weight excluding hydrogens is 334 g/mol. The van der Waals surface area contributed by atoms with E-state index < -0.39 is 5.97 Å². The summed E-state index contributed by atoms with van der Waals surface area (Å²) in [5.41, 5.74) is 0.582. The Balaban J connectivity index is 2.30. The van der Waals surface area contributed by atoms with Gasteiger partial charge >= 0.3 is 5.97 Å². The molecule has 0 fully saturated rings. The number of rotatable bonds is 4. The molecule has 0 aliphatic rings. The van der Waals surface area contributed by atoms with Crippen molar-refractivity contribution in [2.75, 3.05) is 0 Å². The van der Waals surface area contributed by atoms with Gasteiger partial charge in [0, 0.05) is 11.8 Å². The zero-order valence-corrected chi connectivity index (χ0v) is 12.0. The smallest absolute Gasteiger partial charge is 0.307 e. The van der Waals surface area contributed by atoms with Crippen LogP contribution < -0.4 is 4.74 Å². The normalized spacial score (nSPS) is 10.2. The molecule has 2 aromatic rings. The first kappa shape index (κ1) is 13.8. The Morgan fingerprint density at radius 2 is 2.16 bits per heavy atom. The summed E-state index contributed by atoms with van der Waals surface area (Å²) < 4.78 is 6.22. The molecule has 4 nitrogen and oxygen atoms in total. The van der Waals surface area contributed by atoms with Crippen LogP contribution in [0.4, 0.5) is 0 Å². The average molecular weight is 343 g/mol. The molecule has 98 valence electrons. The van der Waals surface area contributed by atoms with Gasteiger partial charge in [-0.05, 0) is 28.1 Å². The number of aliphatic carboxylic acids is 1. The lowest BCUT2D eigenvalue weighted by molar-refractivity contribution is -0.136. The van der Waals surface area contributed by atoms with Gasteiger partial charge < -0.3 is 9.84 Å². The first-order chi connectivity index (χ1) is 9.06. The standard InChI is InChI=1S/C13H9BrClNO3/c14-10-6-9(15)7-16-13(10)19-11-4-2-1-3-8(11)5-12(17)18/h1-4,6-7H,5H2,(H,17,18). The van der Waals surface area contributed by atoms with Gasteiger partial charge in [-0.3, -0.25) is 4.79 Å². The lowest BCUT2D eigenvalue weighted by Crippen LogP contribution is -2.02. The highest BCUT2D eigenvalue weighted by Gasteiger charge is 2.11. The van der Waals surface area contributed by atoms with E-state index in [0.717, 1.165) is 0 Å². The third-order valence-electron chi connectivity index (χ3n) is 2.29. The van der Waals surface area contributed by atoms with Gasteiger partial charge in [-0.25, -0.2) is 4.98 Å². The van der Waals surface area contributed by atoms with Crippen LogP contribution in [0.2, 0.25) is 5.02 Å². The molecule has 0 atom stereocenters. The van der Waals surface area contributed by atoms with E-state index in [1.165, 1.54) is 6.20 Å². The molecule has 0 aliphatic carbocycles. The van der Waals surface area contributed by atoms with Crippen LogP contribution in [0.5, 0.6) is 11.6 Å². The third kappa shape index (κ3) is 3.68. The van der Waals surface area contributed by atoms with Gasteiger partial charge in [0.2, 0.25) is 5.88 Å². The van der Waals surface area contributed by atoms with Crippen molar-refractivity contribution in [3.63, 3.8) is 0 Å². The fourth-order valence-corrected chi connectivity index (χ4v) is 2.21. The second-order valence-corrected chi connectivity index (χ2v) is 5.01. The number of ether oxygens (including phenoxy) is 1. The fourth-order valence-electron chi connectivity index (χ4n) is 1.49. The average Bonchev–Trinajstić information content (AvgIpc) is 2.34. The molecular formula is C13H9BrClNO3. The van der Waals surface area contributed by atoms with Crippen molar-refractivity contribution in [3.8, 4) is 11.6 Å². The molecule has 1 N–H and O–H groups in total. The van der Waals surface area contributed by atoms with Gasteiger partial charge in [0.05, 0.1) is 15.9 Å². The number of pyridine rings is 1. The Kier molecular flexibility index (Phi) is 4.39. The van der Waals surface area contributed by atoms with Gasteiger partial charge in [0.1, 0.15) is 5.75 Å². The number of carboxylic acid groups (broad SMARTS) is 1. The number of carboxylic acids is 1. The van der Waals surface area contributed by atoms with Crippen molar-refractivity contribution in [3.05, 3.63) is 51.6 Å². The summed E-state index contributed by atoms with van der Waals surface area (Å²) in [5.74, 6) is -0.123. The van der Waals surface area contributed by atoms with E-state index in [2.05, 4.69) is 20.9 Å². The van der Waals surface area contributed by atoms with E-state index in [1.807, 2.05) is 0 Å². The zero-order valence-electron chi connectivity index (χ0n) is 9.64. The quantitative estimate of drug-likeness (QED) is 0.915. The van der Waals surface area contributed by atoms with E-state index in [-0.39, 0.29) is 6.42 Å². The number of hydrogen-bond acceptors (Lipinski definition) is 3. The molecule has 0 bridgehead atoms. The molecule has 6 heteroatoms. The molecule has 19 heavy (non-hydrogen) atoms. The molecule has 0 saturated heterocycles. The van der Waals surface area contributed by atoms with Gasteiger partial charge in [-0.15, -0.1) is 0 Å². The van der Waals surface area contributed by atoms with Crippen LogP contribution >= 0.6 is 27.5 Å². The van der Waals surface area contributed by atoms with Crippen molar-refractivity contribution in [1.82, 2.24) is 4.98 Å². The summed E-state index contributed by atoms with van der Waals surface area (Å²) in [6.45, 7) is 0. The number of nitrogens with zero attached hydrogens (tertiary/aromatic N) is 1. The van der Waals surface area contributed by atoms with Crippen LogP contribution in [0.15, 0.2) is 41.0 Å². The van der Waals surface area contributed by atoms with Gasteiger partial charge in [-0.2, -0.15) is 0 Å². The van der Waals surface area contributed by atoms with Gasteiger partial charge in [0.25, 0.3) is 0 Å². The van der Waals surface area contributed by atoms with Gasteiger partial charge in [0.15, 0.2) is 0 Å². The molecule has 2 rings (SSSR count). The molecule has 1 aromatic heterocycles. The largest absolute Gasteiger partial charge is 0.481 e. The van der Waals surface area contributed by atoms with Crippen molar-refractivity contribution < 1.29 is 14.6 Å². The van der Waals surface area contributed by atoms with Crippen LogP contribution in [-0.2, 0) is 11.2 Å². The highest BCUT2D eigenvalue weighted by atomic mass is 79.9. The number of hydrogen-bond donors (Lipinski definition) is 1. The Morgan fingerprint density at radius 3 is 2.84 bits per heavy atom. The highest BCUT2D eigenvalue weighted by Crippen LogP contribution is 2.31. The first-order valence-electron chi connectivity index (χ1n) is 5.35. The lowest BCUT2D eigenvalue weighted by Gasteiger charge is -2.10. The Hall–Kier alpha value is -1.59. The van der Waals surface area contributed by atoms with E-state index in [1.54, 1.807) is 30.3 Å². The lowest BCUT2D eigenvalue weighted by atomic mass is 10.1. The maximum Gasteiger partial charge on any atom is 0.307 e. The number of carbonyl (C=O) groups is 1. The second kappa shape index (κ2) is 6.04. The number of halogens is 2. The molecule has 0 aliphatic heterocycles. The minimum atomic E-state index is -0.917. The topological polar surface area (TPSA) is 59.4 Å². The number of benzene rings is 1. The zero-order chi connectivity index (χ0) is 13.8. The summed E-state index contributed by atoms with van der Waals surface area (Å²) in [7, 11) is 0. The molecule has 1 aromatic carbocycles. The fraction of sp³-hybridized carbons (Fsp3) is 0.0769. The summed E-state index contributed by atoms with van der Waals surface area (Å²) in [6.07, 6.45) is 1.35. The third-order valence-corrected chi connectivity index (χ3v) is 3.07. The van der Waals surface area contributed by atoms with E-state index in [9.17, 15) is 4.79 Å². The van der Waals surface area contributed by atoms with Crippen LogP contribution in [0.1, 0.15) is 5.56 Å². The van der Waals surface area contributed by atoms with E-state index >= 15 is 0 Å².